The van der Waals surface area contributed by atoms with Gasteiger partial charge in [0.05, 0.1) is 18.9 Å². The molecule has 0 aliphatic carbocycles. The summed E-state index contributed by atoms with van der Waals surface area (Å²) in [6.45, 7) is 5.74. The lowest BCUT2D eigenvalue weighted by Gasteiger charge is -2.26. The Morgan fingerprint density at radius 2 is 1.88 bits per heavy atom. The summed E-state index contributed by atoms with van der Waals surface area (Å²) in [5.74, 6) is 0.691. The van der Waals surface area contributed by atoms with Crippen molar-refractivity contribution in [2.24, 2.45) is 0 Å². The third-order valence-electron chi connectivity index (χ3n) is 4.37. The Balaban J connectivity index is 1.52. The van der Waals surface area contributed by atoms with Crippen LogP contribution in [0.5, 0.6) is 0 Å². The number of aromatic nitrogens is 2. The number of nitrogens with zero attached hydrogens (tertiary/aromatic N) is 4. The highest BCUT2D eigenvalue weighted by atomic mass is 16.5. The fourth-order valence-electron chi connectivity index (χ4n) is 2.86. The largest absolute Gasteiger partial charge is 0.379 e. The van der Waals surface area contributed by atoms with Crippen LogP contribution in [-0.4, -0.2) is 68.4 Å². The Labute approximate surface area is 149 Å². The third kappa shape index (κ3) is 5.14. The number of hydrogen-bond donors (Lipinski definition) is 1. The monoisotopic (exact) mass is 341 g/mol. The van der Waals surface area contributed by atoms with Crippen LogP contribution in [0.2, 0.25) is 0 Å². The molecule has 1 aromatic heterocycles. The molecule has 1 aliphatic rings. The van der Waals surface area contributed by atoms with E-state index in [1.165, 1.54) is 5.69 Å². The molecule has 2 heterocycles. The zero-order chi connectivity index (χ0) is 17.5. The second kappa shape index (κ2) is 8.78. The molecule has 1 aliphatic heterocycles. The smallest absolute Gasteiger partial charge is 0.223 e. The van der Waals surface area contributed by atoms with E-state index in [4.69, 9.17) is 4.74 Å². The van der Waals surface area contributed by atoms with Crippen molar-refractivity contribution in [3.05, 3.63) is 36.5 Å². The SMILES string of the molecule is CN(C)c1ccc(-c2ccnc(NCCCN3CCOCC3)n2)cc1. The molecular formula is C19H27N5O. The Morgan fingerprint density at radius 1 is 1.12 bits per heavy atom. The van der Waals surface area contributed by atoms with Gasteiger partial charge in [0.25, 0.3) is 0 Å². The Morgan fingerprint density at radius 3 is 2.60 bits per heavy atom. The molecular weight excluding hydrogens is 314 g/mol. The average Bonchev–Trinajstić information content (AvgIpc) is 2.66. The fourth-order valence-corrected chi connectivity index (χ4v) is 2.86. The van der Waals surface area contributed by atoms with Gasteiger partial charge in [-0.05, 0) is 31.2 Å². The molecule has 6 nitrogen and oxygen atoms in total. The average molecular weight is 341 g/mol. The molecule has 0 bridgehead atoms. The maximum atomic E-state index is 5.37. The van der Waals surface area contributed by atoms with Crippen LogP contribution in [0.1, 0.15) is 6.42 Å². The molecule has 3 rings (SSSR count). The minimum absolute atomic E-state index is 0.691. The Hall–Kier alpha value is -2.18. The van der Waals surface area contributed by atoms with E-state index < -0.39 is 0 Å². The molecule has 0 saturated carbocycles. The van der Waals surface area contributed by atoms with Crippen molar-refractivity contribution >= 4 is 11.6 Å². The van der Waals surface area contributed by atoms with Gasteiger partial charge >= 0.3 is 0 Å². The van der Waals surface area contributed by atoms with Gasteiger partial charge in [-0.15, -0.1) is 0 Å². The first-order valence-electron chi connectivity index (χ1n) is 8.87. The predicted octanol–water partition coefficient (Wildman–Crippen LogP) is 2.34. The van der Waals surface area contributed by atoms with E-state index in [0.717, 1.165) is 57.1 Å². The van der Waals surface area contributed by atoms with E-state index in [-0.39, 0.29) is 0 Å². The van der Waals surface area contributed by atoms with Gasteiger partial charge in [0.2, 0.25) is 5.95 Å². The zero-order valence-corrected chi connectivity index (χ0v) is 15.1. The van der Waals surface area contributed by atoms with E-state index in [2.05, 4.69) is 49.4 Å². The van der Waals surface area contributed by atoms with E-state index >= 15 is 0 Å². The van der Waals surface area contributed by atoms with Crippen LogP contribution >= 0.6 is 0 Å². The van der Waals surface area contributed by atoms with Gasteiger partial charge in [0, 0.05) is 51.2 Å². The van der Waals surface area contributed by atoms with Crippen molar-refractivity contribution in [2.75, 3.05) is 63.7 Å². The van der Waals surface area contributed by atoms with Gasteiger partial charge in [-0.2, -0.15) is 0 Å². The standard InChI is InChI=1S/C19H27N5O/c1-23(2)17-6-4-16(5-7-17)18-8-10-21-19(22-18)20-9-3-11-24-12-14-25-15-13-24/h4-8,10H,3,9,11-15H2,1-2H3,(H,20,21,22). The van der Waals surface area contributed by atoms with Gasteiger partial charge in [-0.3, -0.25) is 4.90 Å². The topological polar surface area (TPSA) is 53.5 Å². The van der Waals surface area contributed by atoms with E-state index in [0.29, 0.717) is 5.95 Å². The first-order chi connectivity index (χ1) is 12.2. The van der Waals surface area contributed by atoms with Gasteiger partial charge in [-0.1, -0.05) is 12.1 Å². The van der Waals surface area contributed by atoms with Crippen LogP contribution in [0.25, 0.3) is 11.3 Å². The first-order valence-corrected chi connectivity index (χ1v) is 8.87. The quantitative estimate of drug-likeness (QED) is 0.780. The summed E-state index contributed by atoms with van der Waals surface area (Å²) < 4.78 is 5.37. The number of benzene rings is 1. The lowest BCUT2D eigenvalue weighted by atomic mass is 10.1. The van der Waals surface area contributed by atoms with Crippen LogP contribution in [-0.2, 0) is 4.74 Å². The van der Waals surface area contributed by atoms with Crippen molar-refractivity contribution in [1.82, 2.24) is 14.9 Å². The van der Waals surface area contributed by atoms with Crippen molar-refractivity contribution in [1.29, 1.82) is 0 Å². The third-order valence-corrected chi connectivity index (χ3v) is 4.37. The van der Waals surface area contributed by atoms with Crippen LogP contribution in [0.3, 0.4) is 0 Å². The Bertz CT molecular complexity index is 653. The van der Waals surface area contributed by atoms with Gasteiger partial charge in [-0.25, -0.2) is 9.97 Å². The summed E-state index contributed by atoms with van der Waals surface area (Å²) in [5, 5.41) is 3.34. The number of rotatable bonds is 7. The van der Waals surface area contributed by atoms with E-state index in [1.807, 2.05) is 26.4 Å². The molecule has 134 valence electrons. The molecule has 0 atom stereocenters. The molecule has 1 saturated heterocycles. The summed E-state index contributed by atoms with van der Waals surface area (Å²) in [7, 11) is 4.08. The predicted molar refractivity (Wildman–Crippen MR) is 102 cm³/mol. The molecule has 0 spiro atoms. The van der Waals surface area contributed by atoms with Crippen LogP contribution < -0.4 is 10.2 Å². The molecule has 0 unspecified atom stereocenters. The van der Waals surface area contributed by atoms with E-state index in [1.54, 1.807) is 0 Å². The van der Waals surface area contributed by atoms with Gasteiger partial charge < -0.3 is 15.0 Å². The second-order valence-corrected chi connectivity index (χ2v) is 6.44. The van der Waals surface area contributed by atoms with Gasteiger partial charge in [0.15, 0.2) is 0 Å². The minimum Gasteiger partial charge on any atom is -0.379 e. The fraction of sp³-hybridized carbons (Fsp3) is 0.474. The van der Waals surface area contributed by atoms with Crippen LogP contribution in [0.15, 0.2) is 36.5 Å². The molecule has 2 aromatic rings. The van der Waals surface area contributed by atoms with Gasteiger partial charge in [0.1, 0.15) is 0 Å². The van der Waals surface area contributed by atoms with Crippen molar-refractivity contribution in [3.8, 4) is 11.3 Å². The molecule has 1 N–H and O–H groups in total. The highest BCUT2D eigenvalue weighted by Crippen LogP contribution is 2.21. The lowest BCUT2D eigenvalue weighted by Crippen LogP contribution is -2.37. The summed E-state index contributed by atoms with van der Waals surface area (Å²) in [4.78, 5) is 13.5. The zero-order valence-electron chi connectivity index (χ0n) is 15.1. The lowest BCUT2D eigenvalue weighted by molar-refractivity contribution is 0.0378. The number of morpholine rings is 1. The molecule has 1 aromatic carbocycles. The van der Waals surface area contributed by atoms with Crippen LogP contribution in [0, 0.1) is 0 Å². The van der Waals surface area contributed by atoms with Crippen molar-refractivity contribution < 1.29 is 4.74 Å². The second-order valence-electron chi connectivity index (χ2n) is 6.44. The van der Waals surface area contributed by atoms with Crippen molar-refractivity contribution in [3.63, 3.8) is 0 Å². The summed E-state index contributed by atoms with van der Waals surface area (Å²) >= 11 is 0. The number of nitrogens with one attached hydrogen (secondary N) is 1. The highest BCUT2D eigenvalue weighted by molar-refractivity contribution is 5.63. The summed E-state index contributed by atoms with van der Waals surface area (Å²) in [5.41, 5.74) is 3.22. The molecule has 25 heavy (non-hydrogen) atoms. The first kappa shape index (κ1) is 17.6. The summed E-state index contributed by atoms with van der Waals surface area (Å²) in [6.07, 6.45) is 2.89. The molecule has 0 radical (unpaired) electrons. The Kier molecular flexibility index (Phi) is 6.19. The number of ether oxygens (including phenoxy) is 1. The number of anilines is 2. The van der Waals surface area contributed by atoms with Crippen molar-refractivity contribution in [2.45, 2.75) is 6.42 Å². The minimum atomic E-state index is 0.691. The molecule has 1 fully saturated rings. The van der Waals surface area contributed by atoms with E-state index in [9.17, 15) is 0 Å². The number of hydrogen-bond acceptors (Lipinski definition) is 6. The molecule has 6 heteroatoms. The molecule has 0 amide bonds. The normalized spacial score (nSPS) is 15.1. The highest BCUT2D eigenvalue weighted by Gasteiger charge is 2.09. The van der Waals surface area contributed by atoms with Crippen LogP contribution in [0.4, 0.5) is 11.6 Å². The summed E-state index contributed by atoms with van der Waals surface area (Å²) in [6, 6.07) is 10.4. The maximum Gasteiger partial charge on any atom is 0.223 e. The maximum absolute atomic E-state index is 5.37.